The van der Waals surface area contributed by atoms with Crippen molar-refractivity contribution in [3.05, 3.63) is 109 Å². The molecule has 0 fully saturated rings. The monoisotopic (exact) mass is 430 g/mol. The maximum Gasteiger partial charge on any atom is 0.123 e. The van der Waals surface area contributed by atoms with Crippen molar-refractivity contribution in [2.24, 2.45) is 0 Å². The summed E-state index contributed by atoms with van der Waals surface area (Å²) in [5, 5.41) is 26.1. The van der Waals surface area contributed by atoms with E-state index in [0.717, 1.165) is 10.6 Å². The summed E-state index contributed by atoms with van der Waals surface area (Å²) >= 11 is 0. The number of phenols is 2. The first-order valence-corrected chi connectivity index (χ1v) is 12.7. The highest BCUT2D eigenvalue weighted by Crippen LogP contribution is 2.57. The molecule has 0 aromatic heterocycles. The summed E-state index contributed by atoms with van der Waals surface area (Å²) in [5.41, 5.74) is 0. The fraction of sp³-hybridized carbons (Fsp3) is 0.0769. The molecule has 0 spiro atoms. The molecular weight excluding hydrogens is 406 g/mol. The number of para-hydroxylation sites is 2. The summed E-state index contributed by atoms with van der Waals surface area (Å²) in [5.74, 6) is 0.666. The van der Waals surface area contributed by atoms with Gasteiger partial charge in [-0.3, -0.25) is 0 Å². The molecule has 0 heterocycles. The molecule has 2 N–H and O–H groups in total. The van der Waals surface area contributed by atoms with E-state index >= 15 is 0 Å². The largest absolute Gasteiger partial charge is 0.507 e. The molecule has 0 radical (unpaired) electrons. The molecule has 30 heavy (non-hydrogen) atoms. The standard InChI is InChI=1S/C26H24O2P2/c1-20(29(21-12-4-2-5-13-21)25-18-10-8-16-23(25)27)30(22-14-6-3-7-15-22)26-19-11-9-17-24(26)28/h2-20,27-28H,1H3. The van der Waals surface area contributed by atoms with Crippen molar-refractivity contribution in [1.29, 1.82) is 0 Å². The highest BCUT2D eigenvalue weighted by atomic mass is 31.2. The maximum atomic E-state index is 10.7. The van der Waals surface area contributed by atoms with Crippen LogP contribution in [-0.2, 0) is 0 Å². The number of rotatable bonds is 6. The lowest BCUT2D eigenvalue weighted by Gasteiger charge is -2.33. The van der Waals surface area contributed by atoms with Crippen molar-refractivity contribution in [3.63, 3.8) is 0 Å². The Labute approximate surface area is 180 Å². The Bertz CT molecular complexity index is 1010. The van der Waals surface area contributed by atoms with Crippen LogP contribution in [0, 0.1) is 0 Å². The summed E-state index contributed by atoms with van der Waals surface area (Å²) in [4.78, 5) is 0. The Kier molecular flexibility index (Phi) is 6.48. The molecule has 4 heteroatoms. The molecule has 4 rings (SSSR count). The van der Waals surface area contributed by atoms with Crippen LogP contribution in [-0.4, -0.2) is 15.6 Å². The number of phenolic OH excluding ortho intramolecular Hbond substituents is 2. The fourth-order valence-electron chi connectivity index (χ4n) is 3.74. The first-order chi connectivity index (χ1) is 14.7. The second kappa shape index (κ2) is 9.43. The maximum absolute atomic E-state index is 10.7. The van der Waals surface area contributed by atoms with E-state index < -0.39 is 15.8 Å². The quantitative estimate of drug-likeness (QED) is 0.422. The normalized spacial score (nSPS) is 14.0. The zero-order valence-corrected chi connectivity index (χ0v) is 18.5. The van der Waals surface area contributed by atoms with Crippen LogP contribution < -0.4 is 21.2 Å². The zero-order valence-electron chi connectivity index (χ0n) is 16.8. The Morgan fingerprint density at radius 3 is 1.20 bits per heavy atom. The third kappa shape index (κ3) is 4.26. The highest BCUT2D eigenvalue weighted by Gasteiger charge is 2.32. The van der Waals surface area contributed by atoms with Crippen LogP contribution >= 0.6 is 15.8 Å². The van der Waals surface area contributed by atoms with E-state index in [1.54, 1.807) is 12.1 Å². The van der Waals surface area contributed by atoms with Crippen LogP contribution in [0.3, 0.4) is 0 Å². The van der Waals surface area contributed by atoms with Gasteiger partial charge >= 0.3 is 0 Å². The van der Waals surface area contributed by atoms with E-state index in [9.17, 15) is 10.2 Å². The summed E-state index contributed by atoms with van der Waals surface area (Å²) in [6.07, 6.45) is 0. The molecule has 0 aliphatic carbocycles. The molecular formula is C26H24O2P2. The summed E-state index contributed by atoms with van der Waals surface area (Å²) in [7, 11) is -1.73. The topological polar surface area (TPSA) is 40.5 Å². The van der Waals surface area contributed by atoms with Crippen molar-refractivity contribution >= 4 is 37.1 Å². The van der Waals surface area contributed by atoms with E-state index in [2.05, 4.69) is 55.5 Å². The molecule has 150 valence electrons. The van der Waals surface area contributed by atoms with E-state index in [4.69, 9.17) is 0 Å². The van der Waals surface area contributed by atoms with E-state index in [1.165, 1.54) is 10.6 Å². The van der Waals surface area contributed by atoms with Gasteiger partial charge < -0.3 is 10.2 Å². The molecule has 4 aromatic carbocycles. The minimum Gasteiger partial charge on any atom is -0.507 e. The van der Waals surface area contributed by atoms with Crippen LogP contribution in [0.15, 0.2) is 109 Å². The van der Waals surface area contributed by atoms with Crippen molar-refractivity contribution in [2.45, 2.75) is 12.3 Å². The molecule has 0 aliphatic heterocycles. The number of hydrogen-bond donors (Lipinski definition) is 2. The lowest BCUT2D eigenvalue weighted by atomic mass is 10.3. The lowest BCUT2D eigenvalue weighted by Crippen LogP contribution is -2.26. The van der Waals surface area contributed by atoms with Crippen LogP contribution in [0.5, 0.6) is 11.5 Å². The van der Waals surface area contributed by atoms with Gasteiger partial charge in [0.15, 0.2) is 0 Å². The van der Waals surface area contributed by atoms with Gasteiger partial charge in [0.1, 0.15) is 11.5 Å². The second-order valence-corrected chi connectivity index (χ2v) is 12.5. The first kappa shape index (κ1) is 20.6. The minimum atomic E-state index is -0.864. The van der Waals surface area contributed by atoms with Crippen molar-refractivity contribution in [1.82, 2.24) is 0 Å². The predicted molar refractivity (Wildman–Crippen MR) is 131 cm³/mol. The summed E-state index contributed by atoms with van der Waals surface area (Å²) in [6, 6.07) is 36.2. The molecule has 0 aliphatic rings. The molecule has 0 bridgehead atoms. The van der Waals surface area contributed by atoms with Gasteiger partial charge in [-0.2, -0.15) is 0 Å². The average molecular weight is 430 g/mol. The second-order valence-electron chi connectivity index (χ2n) is 7.02. The predicted octanol–water partition coefficient (Wildman–Crippen LogP) is 5.01. The van der Waals surface area contributed by atoms with Crippen LogP contribution in [0.1, 0.15) is 6.92 Å². The Morgan fingerprint density at radius 2 is 0.833 bits per heavy atom. The van der Waals surface area contributed by atoms with Gasteiger partial charge in [0.25, 0.3) is 0 Å². The molecule has 0 amide bonds. The van der Waals surface area contributed by atoms with Gasteiger partial charge in [-0.25, -0.2) is 0 Å². The van der Waals surface area contributed by atoms with Gasteiger partial charge in [0, 0.05) is 16.0 Å². The van der Waals surface area contributed by atoms with Gasteiger partial charge in [-0.05, 0) is 38.6 Å². The Hall–Kier alpha value is -2.66. The minimum absolute atomic E-state index is 0.196. The highest BCUT2D eigenvalue weighted by molar-refractivity contribution is 7.89. The third-order valence-electron chi connectivity index (χ3n) is 5.10. The molecule has 2 unspecified atom stereocenters. The van der Waals surface area contributed by atoms with E-state index in [-0.39, 0.29) is 5.40 Å². The lowest BCUT2D eigenvalue weighted by molar-refractivity contribution is 0.479. The van der Waals surface area contributed by atoms with E-state index in [1.807, 2.05) is 48.5 Å². The van der Waals surface area contributed by atoms with Gasteiger partial charge in [-0.1, -0.05) is 104 Å². The Morgan fingerprint density at radius 1 is 0.500 bits per heavy atom. The smallest absolute Gasteiger partial charge is 0.123 e. The van der Waals surface area contributed by atoms with E-state index in [0.29, 0.717) is 11.5 Å². The SMILES string of the molecule is CC(P(c1ccccc1)c1ccccc1O)P(c1ccccc1)c1ccccc1O. The zero-order chi connectivity index (χ0) is 20.9. The van der Waals surface area contributed by atoms with Gasteiger partial charge in [-0.15, -0.1) is 0 Å². The molecule has 0 saturated carbocycles. The summed E-state index contributed by atoms with van der Waals surface area (Å²) in [6.45, 7) is 2.26. The van der Waals surface area contributed by atoms with Crippen LogP contribution in [0.2, 0.25) is 0 Å². The Balaban J connectivity index is 1.90. The van der Waals surface area contributed by atoms with Gasteiger partial charge in [0.2, 0.25) is 0 Å². The number of aromatic hydroxyl groups is 2. The van der Waals surface area contributed by atoms with Crippen LogP contribution in [0.4, 0.5) is 0 Å². The number of hydrogen-bond acceptors (Lipinski definition) is 2. The molecule has 4 aromatic rings. The fourth-order valence-corrected chi connectivity index (χ4v) is 10.6. The molecule has 2 nitrogen and oxygen atoms in total. The van der Waals surface area contributed by atoms with Crippen molar-refractivity contribution in [3.8, 4) is 11.5 Å². The first-order valence-electron chi connectivity index (χ1n) is 9.91. The molecule has 2 atom stereocenters. The van der Waals surface area contributed by atoms with Crippen molar-refractivity contribution < 1.29 is 10.2 Å². The summed E-state index contributed by atoms with van der Waals surface area (Å²) < 4.78 is 0. The average Bonchev–Trinajstić information content (AvgIpc) is 2.78. The number of benzene rings is 4. The van der Waals surface area contributed by atoms with Crippen molar-refractivity contribution in [2.75, 3.05) is 0 Å². The van der Waals surface area contributed by atoms with Crippen LogP contribution in [0.25, 0.3) is 0 Å². The van der Waals surface area contributed by atoms with Gasteiger partial charge in [0.05, 0.1) is 0 Å². The molecule has 0 saturated heterocycles. The third-order valence-corrected chi connectivity index (χ3v) is 11.5.